The molecule has 0 aliphatic carbocycles. The van der Waals surface area contributed by atoms with Gasteiger partial charge in [-0.1, -0.05) is 12.1 Å². The summed E-state index contributed by atoms with van der Waals surface area (Å²) in [6.07, 6.45) is 2.05. The quantitative estimate of drug-likeness (QED) is 0.444. The van der Waals surface area contributed by atoms with Crippen LogP contribution in [0.3, 0.4) is 0 Å². The SMILES string of the molecule is Cc1cc(NC(=O)COC(=O)c2ccc(N3CCC[C@@H](C)C3)c([N+](=O)[O-])c2)no1. The number of piperidine rings is 1. The van der Waals surface area contributed by atoms with Gasteiger partial charge >= 0.3 is 5.97 Å². The fourth-order valence-corrected chi connectivity index (χ4v) is 3.29. The number of ether oxygens (including phenoxy) is 1. The van der Waals surface area contributed by atoms with Gasteiger partial charge in [-0.05, 0) is 37.8 Å². The van der Waals surface area contributed by atoms with Crippen LogP contribution in [0, 0.1) is 23.0 Å². The van der Waals surface area contributed by atoms with Crippen molar-refractivity contribution in [2.24, 2.45) is 5.92 Å². The van der Waals surface area contributed by atoms with E-state index in [1.54, 1.807) is 13.0 Å². The lowest BCUT2D eigenvalue weighted by atomic mass is 9.99. The molecule has 0 spiro atoms. The Morgan fingerprint density at radius 2 is 2.21 bits per heavy atom. The number of nitro groups is 1. The van der Waals surface area contributed by atoms with Gasteiger partial charge < -0.3 is 19.5 Å². The summed E-state index contributed by atoms with van der Waals surface area (Å²) >= 11 is 0. The van der Waals surface area contributed by atoms with Crippen molar-refractivity contribution in [2.45, 2.75) is 26.7 Å². The molecule has 1 fully saturated rings. The molecule has 0 unspecified atom stereocenters. The molecule has 1 aliphatic rings. The average Bonchev–Trinajstić information content (AvgIpc) is 3.10. The first-order chi connectivity index (χ1) is 13.8. The molecule has 1 N–H and O–H groups in total. The third-order valence-corrected chi connectivity index (χ3v) is 4.64. The number of benzene rings is 1. The Balaban J connectivity index is 1.66. The van der Waals surface area contributed by atoms with Crippen LogP contribution in [0.2, 0.25) is 0 Å². The lowest BCUT2D eigenvalue weighted by molar-refractivity contribution is -0.384. The Kier molecular flexibility index (Phi) is 6.10. The summed E-state index contributed by atoms with van der Waals surface area (Å²) in [5, 5.41) is 17.6. The third kappa shape index (κ3) is 5.09. The van der Waals surface area contributed by atoms with E-state index in [1.165, 1.54) is 18.2 Å². The van der Waals surface area contributed by atoms with E-state index in [-0.39, 0.29) is 17.1 Å². The Bertz CT molecular complexity index is 925. The zero-order valence-electron chi connectivity index (χ0n) is 16.2. The molecule has 0 radical (unpaired) electrons. The number of carbonyl (C=O) groups excluding carboxylic acids is 2. The first-order valence-electron chi connectivity index (χ1n) is 9.27. The molecule has 10 nitrogen and oxygen atoms in total. The Labute approximate surface area is 166 Å². The van der Waals surface area contributed by atoms with E-state index in [4.69, 9.17) is 9.26 Å². The summed E-state index contributed by atoms with van der Waals surface area (Å²) in [5.41, 5.74) is 0.337. The van der Waals surface area contributed by atoms with Gasteiger partial charge in [0.25, 0.3) is 11.6 Å². The zero-order chi connectivity index (χ0) is 21.0. The first kappa shape index (κ1) is 20.3. The molecule has 1 atom stereocenters. The van der Waals surface area contributed by atoms with Crippen molar-refractivity contribution in [3.8, 4) is 0 Å². The van der Waals surface area contributed by atoms with E-state index < -0.39 is 23.4 Å². The molecule has 1 aromatic heterocycles. The lowest BCUT2D eigenvalue weighted by Crippen LogP contribution is -2.34. The number of esters is 1. The van der Waals surface area contributed by atoms with Crippen LogP contribution in [0.5, 0.6) is 0 Å². The summed E-state index contributed by atoms with van der Waals surface area (Å²) in [4.78, 5) is 37.1. The normalized spacial score (nSPS) is 16.3. The van der Waals surface area contributed by atoms with Crippen LogP contribution in [0.25, 0.3) is 0 Å². The topological polar surface area (TPSA) is 128 Å². The van der Waals surface area contributed by atoms with Crippen LogP contribution in [-0.2, 0) is 9.53 Å². The number of hydrogen-bond donors (Lipinski definition) is 1. The van der Waals surface area contributed by atoms with E-state index in [2.05, 4.69) is 17.4 Å². The predicted molar refractivity (Wildman–Crippen MR) is 104 cm³/mol. The van der Waals surface area contributed by atoms with Crippen molar-refractivity contribution in [3.63, 3.8) is 0 Å². The molecule has 3 rings (SSSR count). The molecule has 29 heavy (non-hydrogen) atoms. The van der Waals surface area contributed by atoms with Crippen molar-refractivity contribution >= 4 is 29.1 Å². The van der Waals surface area contributed by atoms with E-state index in [1.807, 2.05) is 4.90 Å². The second-order valence-electron chi connectivity index (χ2n) is 7.10. The van der Waals surface area contributed by atoms with Gasteiger partial charge in [-0.2, -0.15) is 0 Å². The van der Waals surface area contributed by atoms with E-state index >= 15 is 0 Å². The van der Waals surface area contributed by atoms with Crippen molar-refractivity contribution in [3.05, 3.63) is 45.7 Å². The number of anilines is 2. The number of hydrogen-bond acceptors (Lipinski definition) is 8. The molecule has 2 aromatic rings. The summed E-state index contributed by atoms with van der Waals surface area (Å²) in [7, 11) is 0. The molecule has 1 aromatic carbocycles. The predicted octanol–water partition coefficient (Wildman–Crippen LogP) is 2.92. The van der Waals surface area contributed by atoms with Gasteiger partial charge in [0.2, 0.25) is 0 Å². The summed E-state index contributed by atoms with van der Waals surface area (Å²) in [6, 6.07) is 5.74. The van der Waals surface area contributed by atoms with Gasteiger partial charge in [-0.15, -0.1) is 0 Å². The van der Waals surface area contributed by atoms with Gasteiger partial charge in [-0.3, -0.25) is 14.9 Å². The van der Waals surface area contributed by atoms with Crippen LogP contribution in [0.15, 0.2) is 28.8 Å². The maximum absolute atomic E-state index is 12.2. The van der Waals surface area contributed by atoms with Crippen molar-refractivity contribution in [2.75, 3.05) is 29.9 Å². The number of aromatic nitrogens is 1. The van der Waals surface area contributed by atoms with Crippen molar-refractivity contribution in [1.82, 2.24) is 5.16 Å². The van der Waals surface area contributed by atoms with Crippen molar-refractivity contribution in [1.29, 1.82) is 0 Å². The standard InChI is InChI=1S/C19H22N4O6/c1-12-4-3-7-22(10-12)15-6-5-14(9-16(15)23(26)27)19(25)28-11-18(24)20-17-8-13(2)29-21-17/h5-6,8-9,12H,3-4,7,10-11H2,1-2H3,(H,20,21,24)/t12-/m1/s1. The molecule has 1 saturated heterocycles. The summed E-state index contributed by atoms with van der Waals surface area (Å²) < 4.78 is 9.78. The fourth-order valence-electron chi connectivity index (χ4n) is 3.29. The minimum absolute atomic E-state index is 0.00980. The lowest BCUT2D eigenvalue weighted by Gasteiger charge is -2.32. The molecule has 0 bridgehead atoms. The van der Waals surface area contributed by atoms with Gasteiger partial charge in [0, 0.05) is 25.2 Å². The Morgan fingerprint density at radius 1 is 1.41 bits per heavy atom. The first-order valence-corrected chi connectivity index (χ1v) is 9.27. The monoisotopic (exact) mass is 402 g/mol. The molecule has 2 heterocycles. The Hall–Kier alpha value is -3.43. The number of nitrogens with zero attached hydrogens (tertiary/aromatic N) is 3. The van der Waals surface area contributed by atoms with Crippen LogP contribution in [0.1, 0.15) is 35.9 Å². The summed E-state index contributed by atoms with van der Waals surface area (Å²) in [5.74, 6) is -0.245. The highest BCUT2D eigenvalue weighted by Gasteiger charge is 2.25. The number of nitro benzene ring substituents is 1. The highest BCUT2D eigenvalue weighted by atomic mass is 16.6. The number of carbonyl (C=O) groups is 2. The Morgan fingerprint density at radius 3 is 2.86 bits per heavy atom. The number of aryl methyl sites for hydroxylation is 1. The molecule has 154 valence electrons. The largest absolute Gasteiger partial charge is 0.452 e. The second kappa shape index (κ2) is 8.72. The smallest absolute Gasteiger partial charge is 0.338 e. The number of amides is 1. The molecule has 1 aliphatic heterocycles. The third-order valence-electron chi connectivity index (χ3n) is 4.64. The van der Waals surface area contributed by atoms with Gasteiger partial charge in [0.05, 0.1) is 10.5 Å². The van der Waals surface area contributed by atoms with Crippen molar-refractivity contribution < 1.29 is 23.8 Å². The van der Waals surface area contributed by atoms with Crippen LogP contribution in [0.4, 0.5) is 17.2 Å². The summed E-state index contributed by atoms with van der Waals surface area (Å²) in [6.45, 7) is 4.69. The second-order valence-corrected chi connectivity index (χ2v) is 7.10. The van der Waals surface area contributed by atoms with Crippen LogP contribution in [-0.4, -0.2) is 41.7 Å². The average molecular weight is 402 g/mol. The maximum Gasteiger partial charge on any atom is 0.338 e. The zero-order valence-corrected chi connectivity index (χ0v) is 16.2. The van der Waals surface area contributed by atoms with E-state index in [0.717, 1.165) is 25.9 Å². The van der Waals surface area contributed by atoms with E-state index in [9.17, 15) is 19.7 Å². The fraction of sp³-hybridized carbons (Fsp3) is 0.421. The molecule has 10 heteroatoms. The van der Waals surface area contributed by atoms with Gasteiger partial charge in [0.15, 0.2) is 12.4 Å². The maximum atomic E-state index is 12.2. The molecule has 1 amide bonds. The molecular formula is C19H22N4O6. The van der Waals surface area contributed by atoms with Crippen LogP contribution < -0.4 is 10.2 Å². The number of rotatable bonds is 6. The number of nitrogens with one attached hydrogen (secondary N) is 1. The molecular weight excluding hydrogens is 380 g/mol. The van der Waals surface area contributed by atoms with E-state index in [0.29, 0.717) is 17.4 Å². The molecule has 0 saturated carbocycles. The van der Waals surface area contributed by atoms with Gasteiger partial charge in [-0.25, -0.2) is 4.79 Å². The minimum atomic E-state index is -0.821. The van der Waals surface area contributed by atoms with Crippen LogP contribution >= 0.6 is 0 Å². The minimum Gasteiger partial charge on any atom is -0.452 e. The van der Waals surface area contributed by atoms with Gasteiger partial charge in [0.1, 0.15) is 11.4 Å². The highest BCUT2D eigenvalue weighted by Crippen LogP contribution is 2.32. The highest BCUT2D eigenvalue weighted by molar-refractivity contribution is 5.95.